The summed E-state index contributed by atoms with van der Waals surface area (Å²) in [6.07, 6.45) is 14.8. The molecule has 0 saturated heterocycles. The van der Waals surface area contributed by atoms with Gasteiger partial charge in [0.15, 0.2) is 0 Å². The van der Waals surface area contributed by atoms with Crippen molar-refractivity contribution >= 4 is 17.7 Å². The first-order chi connectivity index (χ1) is 25.9. The molecule has 4 bridgehead atoms. The van der Waals surface area contributed by atoms with Gasteiger partial charge in [-0.05, 0) is 116 Å². The van der Waals surface area contributed by atoms with E-state index in [4.69, 9.17) is 19.4 Å². The van der Waals surface area contributed by atoms with Crippen molar-refractivity contribution in [2.24, 2.45) is 23.2 Å². The summed E-state index contributed by atoms with van der Waals surface area (Å²) in [7, 11) is 0. The molecule has 0 aliphatic heterocycles. The Labute approximate surface area is 311 Å². The van der Waals surface area contributed by atoms with Crippen molar-refractivity contribution in [3.05, 3.63) is 77.1 Å². The Morgan fingerprint density at radius 1 is 0.774 bits per heavy atom. The molecule has 1 heterocycles. The fourth-order valence-corrected chi connectivity index (χ4v) is 8.82. The molecule has 286 valence electrons. The topological polar surface area (TPSA) is 166 Å². The van der Waals surface area contributed by atoms with Crippen LogP contribution in [0.4, 0.5) is 0 Å². The predicted molar refractivity (Wildman–Crippen MR) is 196 cm³/mol. The summed E-state index contributed by atoms with van der Waals surface area (Å²) in [6.45, 7) is 4.27. The van der Waals surface area contributed by atoms with Crippen molar-refractivity contribution in [1.82, 2.24) is 31.1 Å². The van der Waals surface area contributed by atoms with Gasteiger partial charge in [-0.3, -0.25) is 24.3 Å². The van der Waals surface area contributed by atoms with Gasteiger partial charge < -0.3 is 24.8 Å². The van der Waals surface area contributed by atoms with Crippen molar-refractivity contribution in [3.63, 3.8) is 0 Å². The van der Waals surface area contributed by atoms with Gasteiger partial charge in [0.25, 0.3) is 11.8 Å². The first kappa shape index (κ1) is 38.4. The Morgan fingerprint density at radius 2 is 1.42 bits per heavy atom. The smallest absolute Gasteiger partial charge is 0.274 e. The lowest BCUT2D eigenvalue weighted by atomic mass is 9.49. The number of amides is 3. The predicted octanol–water partition coefficient (Wildman–Crippen LogP) is 5.22. The molecule has 0 atom stereocenters. The summed E-state index contributed by atoms with van der Waals surface area (Å²) in [4.78, 5) is 36.6. The third kappa shape index (κ3) is 11.6. The quantitative estimate of drug-likeness (QED) is 0.0616. The molecule has 7 rings (SSSR count). The molecular formula is C40H54N6O7. The van der Waals surface area contributed by atoms with Gasteiger partial charge in [-0.1, -0.05) is 30.2 Å². The highest BCUT2D eigenvalue weighted by Crippen LogP contribution is 2.61. The van der Waals surface area contributed by atoms with Crippen LogP contribution in [0, 0.1) is 23.2 Å². The molecule has 4 fully saturated rings. The zero-order valence-electron chi connectivity index (χ0n) is 30.6. The highest BCUT2D eigenvalue weighted by Gasteiger charge is 2.51. The van der Waals surface area contributed by atoms with Crippen LogP contribution < -0.4 is 20.9 Å². The van der Waals surface area contributed by atoms with E-state index >= 15 is 0 Å². The van der Waals surface area contributed by atoms with E-state index in [2.05, 4.69) is 20.9 Å². The Kier molecular flexibility index (Phi) is 13.9. The lowest BCUT2D eigenvalue weighted by molar-refractivity contribution is -0.129. The van der Waals surface area contributed by atoms with E-state index in [0.717, 1.165) is 61.2 Å². The molecule has 4 aliphatic carbocycles. The van der Waals surface area contributed by atoms with Gasteiger partial charge in [0.05, 0.1) is 26.0 Å². The van der Waals surface area contributed by atoms with Crippen LogP contribution in [0.3, 0.4) is 0 Å². The van der Waals surface area contributed by atoms with Gasteiger partial charge in [-0.2, -0.15) is 0 Å². The number of hydrogen-bond acceptors (Lipinski definition) is 9. The monoisotopic (exact) mass is 730 g/mol. The van der Waals surface area contributed by atoms with E-state index in [0.29, 0.717) is 62.8 Å². The number of rotatable bonds is 22. The second-order valence-corrected chi connectivity index (χ2v) is 15.2. The van der Waals surface area contributed by atoms with Gasteiger partial charge in [-0.15, -0.1) is 5.10 Å². The summed E-state index contributed by atoms with van der Waals surface area (Å²) in [5, 5.41) is 23.1. The molecule has 0 spiro atoms. The van der Waals surface area contributed by atoms with E-state index in [1.165, 1.54) is 38.5 Å². The van der Waals surface area contributed by atoms with Gasteiger partial charge in [0.2, 0.25) is 5.91 Å². The molecule has 4 aliphatic rings. The number of nitrogens with one attached hydrogen (secondary N) is 3. The normalized spacial score (nSPS) is 21.3. The first-order valence-electron chi connectivity index (χ1n) is 19.2. The number of carbonyl (C=O) groups is 3. The van der Waals surface area contributed by atoms with Crippen LogP contribution in [0.15, 0.2) is 54.7 Å². The van der Waals surface area contributed by atoms with E-state index in [1.54, 1.807) is 54.0 Å². The SMILES string of the molecule is O=C(CC12CC3CC(CC(C3)C1)C2)NCCOCCOCCCCCCn1cc(COc2ccc(C(=O)NCc3ccc(C(=O)NO)cc3)cc2)nn1. The Hall–Kier alpha value is -4.33. The molecule has 13 heteroatoms. The maximum Gasteiger partial charge on any atom is 0.274 e. The van der Waals surface area contributed by atoms with Crippen LogP contribution in [-0.2, 0) is 34.0 Å². The van der Waals surface area contributed by atoms with Crippen LogP contribution >= 0.6 is 0 Å². The number of nitrogens with zero attached hydrogens (tertiary/aromatic N) is 3. The minimum Gasteiger partial charge on any atom is -0.487 e. The summed E-state index contributed by atoms with van der Waals surface area (Å²) < 4.78 is 19.1. The fraction of sp³-hybridized carbons (Fsp3) is 0.575. The average Bonchev–Trinajstić information content (AvgIpc) is 3.61. The number of hydrogen-bond donors (Lipinski definition) is 4. The minimum atomic E-state index is -0.591. The number of aryl methyl sites for hydroxylation is 1. The van der Waals surface area contributed by atoms with E-state index in [1.807, 2.05) is 10.9 Å². The fourth-order valence-electron chi connectivity index (χ4n) is 8.82. The van der Waals surface area contributed by atoms with Crippen LogP contribution in [-0.4, -0.2) is 70.9 Å². The number of hydroxylamine groups is 1. The van der Waals surface area contributed by atoms with Crippen LogP contribution in [0.25, 0.3) is 0 Å². The lowest BCUT2D eigenvalue weighted by Gasteiger charge is -2.56. The maximum atomic E-state index is 12.6. The molecule has 4 N–H and O–H groups in total. The summed E-state index contributed by atoms with van der Waals surface area (Å²) in [6, 6.07) is 13.4. The van der Waals surface area contributed by atoms with Gasteiger partial charge in [0.1, 0.15) is 18.1 Å². The number of ether oxygens (including phenoxy) is 3. The Bertz CT molecular complexity index is 1590. The number of carbonyl (C=O) groups excluding carboxylic acids is 3. The number of aromatic nitrogens is 3. The van der Waals surface area contributed by atoms with E-state index in [9.17, 15) is 14.4 Å². The standard InChI is InChI=1S/C40H54N6O7/c47-37(25-40-22-30-19-31(23-40)21-32(20-30)24-40)41-13-16-52-18-17-51-15-4-2-1-3-14-46-27-35(43-45-46)28-53-36-11-9-33(10-12-36)38(48)42-26-29-5-7-34(8-6-29)39(49)44-50/h5-12,27,30-32,50H,1-4,13-26,28H2,(H,41,47)(H,42,48)(H,44,49). The zero-order valence-corrected chi connectivity index (χ0v) is 30.6. The molecule has 53 heavy (non-hydrogen) atoms. The number of benzene rings is 2. The highest BCUT2D eigenvalue weighted by atomic mass is 16.5. The molecule has 3 aromatic rings. The van der Waals surface area contributed by atoms with Crippen molar-refractivity contribution in [3.8, 4) is 5.75 Å². The Morgan fingerprint density at radius 3 is 2.11 bits per heavy atom. The number of unbranched alkanes of at least 4 members (excludes halogenated alkanes) is 3. The molecule has 3 amide bonds. The molecule has 0 radical (unpaired) electrons. The van der Waals surface area contributed by atoms with Gasteiger partial charge in [0, 0.05) is 43.8 Å². The van der Waals surface area contributed by atoms with Gasteiger partial charge >= 0.3 is 0 Å². The summed E-state index contributed by atoms with van der Waals surface area (Å²) in [5.41, 5.74) is 4.24. The van der Waals surface area contributed by atoms with E-state index in [-0.39, 0.29) is 23.8 Å². The van der Waals surface area contributed by atoms with Crippen molar-refractivity contribution in [1.29, 1.82) is 0 Å². The van der Waals surface area contributed by atoms with Gasteiger partial charge in [-0.25, -0.2) is 5.48 Å². The largest absolute Gasteiger partial charge is 0.487 e. The average molecular weight is 731 g/mol. The van der Waals surface area contributed by atoms with Crippen molar-refractivity contribution < 1.29 is 33.8 Å². The summed E-state index contributed by atoms with van der Waals surface area (Å²) in [5.74, 6) is 2.62. The molecule has 1 aromatic heterocycles. The molecule has 0 unspecified atom stereocenters. The molecular weight excluding hydrogens is 676 g/mol. The van der Waals surface area contributed by atoms with Crippen LogP contribution in [0.1, 0.15) is 103 Å². The van der Waals surface area contributed by atoms with Crippen molar-refractivity contribution in [2.45, 2.75) is 90.3 Å². The van der Waals surface area contributed by atoms with E-state index < -0.39 is 5.91 Å². The minimum absolute atomic E-state index is 0.200. The molecule has 13 nitrogen and oxygen atoms in total. The third-order valence-corrected chi connectivity index (χ3v) is 10.9. The molecule has 4 saturated carbocycles. The summed E-state index contributed by atoms with van der Waals surface area (Å²) >= 11 is 0. The Balaban J connectivity index is 0.739. The maximum absolute atomic E-state index is 12.6. The highest BCUT2D eigenvalue weighted by molar-refractivity contribution is 5.94. The van der Waals surface area contributed by atoms with Crippen LogP contribution in [0.5, 0.6) is 5.75 Å². The molecule has 2 aromatic carbocycles. The second kappa shape index (κ2) is 19.1. The second-order valence-electron chi connectivity index (χ2n) is 15.2. The first-order valence-corrected chi connectivity index (χ1v) is 19.2. The zero-order chi connectivity index (χ0) is 36.9. The third-order valence-electron chi connectivity index (χ3n) is 10.9. The van der Waals surface area contributed by atoms with Crippen LogP contribution in [0.2, 0.25) is 0 Å². The lowest BCUT2D eigenvalue weighted by Crippen LogP contribution is -2.48. The van der Waals surface area contributed by atoms with Crippen molar-refractivity contribution in [2.75, 3.05) is 33.0 Å².